The summed E-state index contributed by atoms with van der Waals surface area (Å²) in [6.45, 7) is 13.6. The molecule has 2 N–H and O–H groups in total. The van der Waals surface area contributed by atoms with E-state index in [1.54, 1.807) is 7.11 Å². The van der Waals surface area contributed by atoms with Gasteiger partial charge >= 0.3 is 48.8 Å². The van der Waals surface area contributed by atoms with Crippen molar-refractivity contribution in [3.63, 3.8) is 0 Å². The average Bonchev–Trinajstić information content (AvgIpc) is 2.09. The number of methoxy groups -OCH3 is 1. The van der Waals surface area contributed by atoms with Gasteiger partial charge in [0.2, 0.25) is 0 Å². The SMILES string of the molecule is COc1ccc(CN(CCCC(=O)OC(C)(C)C)c2cc(C)ccc2CN2CCCC23CCN(C(=O)OC(C(F)(F)F)C(F)(F)F)CC3)cc1.Cc1ccc(CN2CCCC23CCN(C(=O)OC(C(F)(F)F)C(F)(F)F)CC3)c(NCCCC(=O)O)c1. The number of anilines is 2. The Labute approximate surface area is 498 Å². The smallest absolute Gasteiger partial charge is 0.434 e. The third-order valence-corrected chi connectivity index (χ3v) is 16.2. The van der Waals surface area contributed by atoms with Crippen LogP contribution in [0.15, 0.2) is 60.7 Å². The quantitative estimate of drug-likeness (QED) is 0.0507. The molecule has 486 valence electrons. The number of aliphatic carboxylic acids is 1. The number of nitrogens with zero attached hydrogens (tertiary/aromatic N) is 5. The Morgan fingerprint density at radius 3 is 1.52 bits per heavy atom. The first-order valence-corrected chi connectivity index (χ1v) is 28.9. The zero-order valence-corrected chi connectivity index (χ0v) is 49.7. The molecule has 0 atom stereocenters. The first-order valence-electron chi connectivity index (χ1n) is 28.9. The highest BCUT2D eigenvalue weighted by Crippen LogP contribution is 2.44. The molecular weight excluding hydrogens is 1180 g/mol. The Balaban J connectivity index is 0.000000291. The van der Waals surface area contributed by atoms with Gasteiger partial charge in [0.05, 0.1) is 7.11 Å². The number of halogens is 12. The fourth-order valence-corrected chi connectivity index (χ4v) is 11.8. The molecule has 3 aromatic carbocycles. The van der Waals surface area contributed by atoms with Crippen LogP contribution < -0.4 is 15.0 Å². The van der Waals surface area contributed by atoms with Crippen molar-refractivity contribution in [2.45, 2.75) is 185 Å². The number of carbonyl (C=O) groups excluding carboxylic acids is 3. The van der Waals surface area contributed by atoms with Gasteiger partial charge < -0.3 is 44.1 Å². The largest absolute Gasteiger partial charge is 0.497 e. The van der Waals surface area contributed by atoms with Gasteiger partial charge in [-0.05, 0) is 164 Å². The number of hydrogen-bond donors (Lipinski definition) is 2. The molecule has 4 saturated heterocycles. The second-order valence-electron chi connectivity index (χ2n) is 23.8. The number of carboxylic acid groups (broad SMARTS) is 1. The number of alkyl halides is 12. The molecule has 0 radical (unpaired) electrons. The molecule has 4 aliphatic heterocycles. The van der Waals surface area contributed by atoms with Crippen LogP contribution in [0.4, 0.5) is 73.6 Å². The molecule has 2 amide bonds. The molecule has 0 bridgehead atoms. The third-order valence-electron chi connectivity index (χ3n) is 16.2. The number of aryl methyl sites for hydroxylation is 2. The molecule has 87 heavy (non-hydrogen) atoms. The zero-order valence-electron chi connectivity index (χ0n) is 49.7. The summed E-state index contributed by atoms with van der Waals surface area (Å²) in [6, 6.07) is 19.9. The Morgan fingerprint density at radius 2 is 1.07 bits per heavy atom. The van der Waals surface area contributed by atoms with Crippen molar-refractivity contribution < 1.29 is 95.9 Å². The van der Waals surface area contributed by atoms with Crippen molar-refractivity contribution in [2.24, 2.45) is 0 Å². The van der Waals surface area contributed by atoms with Gasteiger partial charge in [-0.25, -0.2) is 9.59 Å². The number of piperidine rings is 2. The zero-order chi connectivity index (χ0) is 64.3. The molecular formula is C60H78F12N6O9. The number of hydrogen-bond acceptors (Lipinski definition) is 12. The maximum absolute atomic E-state index is 13.0. The molecule has 2 spiro atoms. The van der Waals surface area contributed by atoms with Crippen LogP contribution in [-0.4, -0.2) is 162 Å². The molecule has 15 nitrogen and oxygen atoms in total. The molecule has 4 aliphatic rings. The summed E-state index contributed by atoms with van der Waals surface area (Å²) < 4.78 is 173. The van der Waals surface area contributed by atoms with E-state index in [0.717, 1.165) is 93.5 Å². The van der Waals surface area contributed by atoms with Crippen molar-refractivity contribution >= 4 is 35.5 Å². The van der Waals surface area contributed by atoms with Crippen molar-refractivity contribution in [1.82, 2.24) is 19.6 Å². The standard InChI is InChI=1S/C36H47F6N3O5.C24H31F6N3O4/c1-25-9-12-27(29(22-25)44(18-6-8-30(46)50-33(2,3)4)23-26-10-13-28(48-5)14-11-26)24-45-19-7-15-34(45)16-20-43(21-17-34)32(47)49-31(35(37,38)39)36(40,41)42;1-16-5-6-17(18(14-16)31-10-2-4-19(34)35)15-33-11-3-7-22(33)8-12-32(13-9-22)21(36)37-20(23(25,26)27)24(28,29)30/h9-14,22,31H,6-8,15-21,23-24H2,1-5H3;5-6,14,20,31H,2-4,7-13,15H2,1H3,(H,34,35). The lowest BCUT2D eigenvalue weighted by molar-refractivity contribution is -0.309. The Bertz CT molecular complexity index is 2750. The van der Waals surface area contributed by atoms with E-state index in [-0.39, 0.29) is 56.1 Å². The lowest BCUT2D eigenvalue weighted by Crippen LogP contribution is -2.54. The van der Waals surface area contributed by atoms with Crippen LogP contribution in [0.2, 0.25) is 0 Å². The molecule has 4 heterocycles. The van der Waals surface area contributed by atoms with Gasteiger partial charge in [0.1, 0.15) is 11.4 Å². The van der Waals surface area contributed by atoms with E-state index in [1.165, 1.54) is 0 Å². The van der Waals surface area contributed by atoms with Crippen molar-refractivity contribution in [1.29, 1.82) is 0 Å². The summed E-state index contributed by atoms with van der Waals surface area (Å²) in [5.41, 5.74) is 5.78. The minimum absolute atomic E-state index is 0.00798. The lowest BCUT2D eigenvalue weighted by Gasteiger charge is -2.45. The molecule has 3 aromatic rings. The predicted octanol–water partition coefficient (Wildman–Crippen LogP) is 13.5. The summed E-state index contributed by atoms with van der Waals surface area (Å²) in [7, 11) is 1.61. The van der Waals surface area contributed by atoms with Gasteiger partial charge in [0, 0.05) is 94.2 Å². The Hall–Kier alpha value is -6.38. The molecule has 7 rings (SSSR count). The number of rotatable bonds is 19. The van der Waals surface area contributed by atoms with Crippen LogP contribution in [0, 0.1) is 13.8 Å². The summed E-state index contributed by atoms with van der Waals surface area (Å²) in [4.78, 5) is 56.6. The minimum Gasteiger partial charge on any atom is -0.497 e. The van der Waals surface area contributed by atoms with Gasteiger partial charge in [-0.2, -0.15) is 52.7 Å². The number of amides is 2. The highest BCUT2D eigenvalue weighted by molar-refractivity contribution is 5.70. The number of carboxylic acids is 1. The molecule has 4 fully saturated rings. The maximum atomic E-state index is 13.0. The number of nitrogens with one attached hydrogen (secondary N) is 1. The lowest BCUT2D eigenvalue weighted by atomic mass is 9.84. The highest BCUT2D eigenvalue weighted by atomic mass is 19.4. The first-order chi connectivity index (χ1) is 40.5. The first kappa shape index (κ1) is 69.7. The molecule has 0 saturated carbocycles. The van der Waals surface area contributed by atoms with Crippen LogP contribution >= 0.6 is 0 Å². The summed E-state index contributed by atoms with van der Waals surface area (Å²) in [5.74, 6) is -0.401. The normalized spacial score (nSPS) is 17.6. The van der Waals surface area contributed by atoms with E-state index in [9.17, 15) is 71.9 Å². The Kier molecular flexibility index (Phi) is 23.1. The predicted molar refractivity (Wildman–Crippen MR) is 298 cm³/mol. The molecule has 0 aromatic heterocycles. The van der Waals surface area contributed by atoms with Crippen molar-refractivity contribution in [3.8, 4) is 5.75 Å². The van der Waals surface area contributed by atoms with Crippen LogP contribution in [-0.2, 0) is 43.4 Å². The highest BCUT2D eigenvalue weighted by Gasteiger charge is 2.62. The van der Waals surface area contributed by atoms with E-state index < -0.39 is 60.7 Å². The van der Waals surface area contributed by atoms with E-state index in [4.69, 9.17) is 14.6 Å². The van der Waals surface area contributed by atoms with E-state index >= 15 is 0 Å². The minimum atomic E-state index is -5.77. The van der Waals surface area contributed by atoms with Crippen LogP contribution in [0.25, 0.3) is 0 Å². The fraction of sp³-hybridized carbons (Fsp3) is 0.633. The number of esters is 1. The molecule has 0 unspecified atom stereocenters. The van der Waals surface area contributed by atoms with Crippen LogP contribution in [0.5, 0.6) is 5.75 Å². The second kappa shape index (κ2) is 28.8. The van der Waals surface area contributed by atoms with Gasteiger partial charge in [0.25, 0.3) is 12.2 Å². The monoisotopic (exact) mass is 1250 g/mol. The van der Waals surface area contributed by atoms with Crippen LogP contribution in [0.1, 0.15) is 126 Å². The van der Waals surface area contributed by atoms with Crippen LogP contribution in [0.3, 0.4) is 0 Å². The Morgan fingerprint density at radius 1 is 0.609 bits per heavy atom. The topological polar surface area (TPSA) is 154 Å². The van der Waals surface area contributed by atoms with Crippen molar-refractivity contribution in [2.75, 3.05) is 69.7 Å². The fourth-order valence-electron chi connectivity index (χ4n) is 11.8. The van der Waals surface area contributed by atoms with Gasteiger partial charge in [-0.1, -0.05) is 36.4 Å². The maximum Gasteiger partial charge on any atom is 0.434 e. The second-order valence-corrected chi connectivity index (χ2v) is 23.8. The average molecular weight is 1260 g/mol. The van der Waals surface area contributed by atoms with E-state index in [0.29, 0.717) is 71.2 Å². The van der Waals surface area contributed by atoms with Gasteiger partial charge in [0.15, 0.2) is 0 Å². The number of carbonyl (C=O) groups is 4. The van der Waals surface area contributed by atoms with Gasteiger partial charge in [-0.3, -0.25) is 19.4 Å². The number of benzene rings is 3. The van der Waals surface area contributed by atoms with E-state index in [1.807, 2.05) is 83.1 Å². The molecule has 0 aliphatic carbocycles. The number of likely N-dealkylation sites (tertiary alicyclic amines) is 4. The van der Waals surface area contributed by atoms with Gasteiger partial charge in [-0.15, -0.1) is 0 Å². The molecule has 27 heteroatoms. The summed E-state index contributed by atoms with van der Waals surface area (Å²) in [5, 5.41) is 12.1. The number of ether oxygens (including phenoxy) is 4. The third kappa shape index (κ3) is 19.8. The van der Waals surface area contributed by atoms with E-state index in [2.05, 4.69) is 41.6 Å². The summed E-state index contributed by atoms with van der Waals surface area (Å²) in [6.07, 6.45) is -28.4. The summed E-state index contributed by atoms with van der Waals surface area (Å²) >= 11 is 0. The van der Waals surface area contributed by atoms with Crippen molar-refractivity contribution in [3.05, 3.63) is 88.5 Å².